The summed E-state index contributed by atoms with van der Waals surface area (Å²) in [5.41, 5.74) is 9.94. The van der Waals surface area contributed by atoms with Gasteiger partial charge in [0.1, 0.15) is 43.1 Å². The van der Waals surface area contributed by atoms with E-state index in [0.717, 1.165) is 69.5 Å². The first kappa shape index (κ1) is 37.3. The molecule has 0 radical (unpaired) electrons. The van der Waals surface area contributed by atoms with Crippen LogP contribution in [0.5, 0.6) is 17.2 Å². The smallest absolute Gasteiger partial charge is 0.142 e. The third-order valence-electron chi connectivity index (χ3n) is 8.79. The number of ether oxygens (including phenoxy) is 3. The van der Waals surface area contributed by atoms with E-state index in [1.807, 2.05) is 24.3 Å². The molecule has 0 saturated carbocycles. The summed E-state index contributed by atoms with van der Waals surface area (Å²) in [7, 11) is 0. The molecule has 0 spiro atoms. The van der Waals surface area contributed by atoms with Crippen LogP contribution >= 0.6 is 11.6 Å². The maximum atomic E-state index is 9.25. The summed E-state index contributed by atoms with van der Waals surface area (Å²) < 4.78 is 18.7. The Kier molecular flexibility index (Phi) is 13.8. The quantitative estimate of drug-likeness (QED) is 0.0785. The van der Waals surface area contributed by atoms with Crippen LogP contribution in [0.15, 0.2) is 91.3 Å². The molecular weight excluding hydrogens is 662 g/mol. The molecule has 1 aromatic heterocycles. The zero-order chi connectivity index (χ0) is 36.0. The van der Waals surface area contributed by atoms with Crippen molar-refractivity contribution in [3.05, 3.63) is 141 Å². The van der Waals surface area contributed by atoms with Gasteiger partial charge in [-0.3, -0.25) is 4.98 Å². The van der Waals surface area contributed by atoms with Crippen molar-refractivity contribution in [1.29, 1.82) is 5.26 Å². The normalized spacial score (nSPS) is 10.9. The van der Waals surface area contributed by atoms with E-state index in [2.05, 4.69) is 72.7 Å². The van der Waals surface area contributed by atoms with Gasteiger partial charge >= 0.3 is 0 Å². The fourth-order valence-corrected chi connectivity index (χ4v) is 6.06. The molecule has 8 nitrogen and oxygen atoms in total. The molecule has 0 fully saturated rings. The van der Waals surface area contributed by atoms with E-state index in [4.69, 9.17) is 30.9 Å². The summed E-state index contributed by atoms with van der Waals surface area (Å²) in [4.78, 5) is 4.13. The Morgan fingerprint density at radius 3 is 2.08 bits per heavy atom. The number of nitrogens with one attached hydrogen (secondary N) is 1. The monoisotopic (exact) mass is 705 g/mol. The third kappa shape index (κ3) is 10.3. The van der Waals surface area contributed by atoms with Gasteiger partial charge in [-0.05, 0) is 96.3 Å². The minimum atomic E-state index is 0.00983. The van der Waals surface area contributed by atoms with Gasteiger partial charge in [0.25, 0.3) is 0 Å². The van der Waals surface area contributed by atoms with Gasteiger partial charge in [0.05, 0.1) is 17.2 Å². The molecule has 0 amide bonds. The van der Waals surface area contributed by atoms with Crippen molar-refractivity contribution in [3.63, 3.8) is 0 Å². The van der Waals surface area contributed by atoms with Crippen molar-refractivity contribution in [1.82, 2.24) is 10.3 Å². The molecular formula is C42H44ClN3O5. The number of aliphatic hydroxyl groups excluding tert-OH is 2. The van der Waals surface area contributed by atoms with Crippen LogP contribution in [0.1, 0.15) is 57.3 Å². The Morgan fingerprint density at radius 2 is 1.41 bits per heavy atom. The van der Waals surface area contributed by atoms with Crippen LogP contribution in [0.3, 0.4) is 0 Å². The van der Waals surface area contributed by atoms with Crippen LogP contribution in [0.25, 0.3) is 11.1 Å². The molecule has 0 aliphatic rings. The number of nitriles is 1. The first-order chi connectivity index (χ1) is 24.9. The summed E-state index contributed by atoms with van der Waals surface area (Å²) >= 11 is 6.73. The van der Waals surface area contributed by atoms with E-state index in [-0.39, 0.29) is 19.8 Å². The Hall–Kier alpha value is -4.91. The highest BCUT2D eigenvalue weighted by Crippen LogP contribution is 2.35. The number of hydrogen-bond acceptors (Lipinski definition) is 8. The molecule has 0 unspecified atom stereocenters. The molecule has 9 heteroatoms. The number of nitrogens with zero attached hydrogens (tertiary/aromatic N) is 2. The second-order valence-electron chi connectivity index (χ2n) is 12.4. The van der Waals surface area contributed by atoms with Crippen molar-refractivity contribution >= 4 is 11.6 Å². The fourth-order valence-electron chi connectivity index (χ4n) is 5.82. The van der Waals surface area contributed by atoms with Crippen LogP contribution in [-0.2, 0) is 32.8 Å². The molecule has 0 aliphatic heterocycles. The largest absolute Gasteiger partial charge is 0.489 e. The Morgan fingerprint density at radius 1 is 0.725 bits per heavy atom. The van der Waals surface area contributed by atoms with E-state index in [0.29, 0.717) is 48.4 Å². The predicted molar refractivity (Wildman–Crippen MR) is 200 cm³/mol. The third-order valence-corrected chi connectivity index (χ3v) is 9.09. The molecule has 0 saturated heterocycles. The highest BCUT2D eigenvalue weighted by molar-refractivity contribution is 6.32. The molecule has 0 aliphatic carbocycles. The lowest BCUT2D eigenvalue weighted by atomic mass is 9.92. The lowest BCUT2D eigenvalue weighted by molar-refractivity contribution is 0.282. The van der Waals surface area contributed by atoms with Crippen molar-refractivity contribution < 1.29 is 24.4 Å². The Labute approximate surface area is 305 Å². The second kappa shape index (κ2) is 18.9. The summed E-state index contributed by atoms with van der Waals surface area (Å²) in [6.45, 7) is 6.30. The molecule has 3 N–H and O–H groups in total. The SMILES string of the molecule is Cc1c(COc2ccc(CCCCO)cc2)cccc1-c1cccc(COc2cc(OCc3cncc(C#N)c3)c(CNCCO)cc2Cl)c1C. The van der Waals surface area contributed by atoms with Gasteiger partial charge in [0, 0.05) is 49.3 Å². The van der Waals surface area contributed by atoms with Crippen LogP contribution < -0.4 is 19.5 Å². The van der Waals surface area contributed by atoms with Gasteiger partial charge in [0.2, 0.25) is 0 Å². The van der Waals surface area contributed by atoms with Crippen LogP contribution in [0.2, 0.25) is 5.02 Å². The Bertz CT molecular complexity index is 1940. The fraction of sp³-hybridized carbons (Fsp3) is 0.286. The first-order valence-electron chi connectivity index (χ1n) is 17.1. The number of aryl methyl sites for hydroxylation is 1. The molecule has 1 heterocycles. The number of aromatic nitrogens is 1. The molecule has 0 atom stereocenters. The molecule has 5 aromatic rings. The van der Waals surface area contributed by atoms with Crippen LogP contribution in [0.4, 0.5) is 0 Å². The summed E-state index contributed by atoms with van der Waals surface area (Å²) in [5, 5.41) is 31.2. The lowest BCUT2D eigenvalue weighted by Gasteiger charge is -2.18. The van der Waals surface area contributed by atoms with E-state index in [9.17, 15) is 10.4 Å². The standard InChI is InChI=1S/C42H44ClN3O5/c1-29-34(27-49-37-14-12-31(13-15-37)7-3-4-17-47)8-5-10-38(29)39-11-6-9-35(30(39)2)28-51-42-21-41(36(20-40(42)43)25-45-16-18-48)50-26-33-19-32(22-44)23-46-24-33/h5-6,8-15,19-21,23-24,45,47-48H,3-4,7,16-18,25-28H2,1-2H3. The topological polar surface area (TPSA) is 117 Å². The van der Waals surface area contributed by atoms with Gasteiger partial charge in [-0.15, -0.1) is 0 Å². The molecule has 264 valence electrons. The number of benzene rings is 4. The minimum Gasteiger partial charge on any atom is -0.489 e. The zero-order valence-electron chi connectivity index (χ0n) is 29.1. The van der Waals surface area contributed by atoms with E-state index < -0.39 is 0 Å². The number of rotatable bonds is 18. The predicted octanol–water partition coefficient (Wildman–Crippen LogP) is 8.02. The number of aliphatic hydroxyl groups is 2. The molecule has 0 bridgehead atoms. The minimum absolute atomic E-state index is 0.00983. The lowest BCUT2D eigenvalue weighted by Crippen LogP contribution is -2.18. The highest BCUT2D eigenvalue weighted by Gasteiger charge is 2.15. The van der Waals surface area contributed by atoms with Crippen molar-refractivity contribution in [2.45, 2.75) is 59.5 Å². The maximum Gasteiger partial charge on any atom is 0.142 e. The van der Waals surface area contributed by atoms with Crippen molar-refractivity contribution in [2.24, 2.45) is 0 Å². The molecule has 51 heavy (non-hydrogen) atoms. The van der Waals surface area contributed by atoms with Crippen molar-refractivity contribution in [2.75, 3.05) is 19.8 Å². The first-order valence-corrected chi connectivity index (χ1v) is 17.5. The maximum absolute atomic E-state index is 9.25. The molecule has 4 aromatic carbocycles. The Balaban J connectivity index is 1.29. The summed E-state index contributed by atoms with van der Waals surface area (Å²) in [6, 6.07) is 28.2. The number of halogens is 1. The summed E-state index contributed by atoms with van der Waals surface area (Å²) in [6.07, 6.45) is 5.91. The number of hydrogen-bond donors (Lipinski definition) is 3. The van der Waals surface area contributed by atoms with Gasteiger partial charge in [-0.1, -0.05) is 60.1 Å². The van der Waals surface area contributed by atoms with E-state index in [1.165, 1.54) is 11.8 Å². The van der Waals surface area contributed by atoms with E-state index in [1.54, 1.807) is 18.3 Å². The van der Waals surface area contributed by atoms with Gasteiger partial charge in [-0.2, -0.15) is 5.26 Å². The van der Waals surface area contributed by atoms with Crippen molar-refractivity contribution in [3.8, 4) is 34.4 Å². The average molecular weight is 706 g/mol. The van der Waals surface area contributed by atoms with Gasteiger partial charge < -0.3 is 29.7 Å². The summed E-state index contributed by atoms with van der Waals surface area (Å²) in [5.74, 6) is 1.89. The average Bonchev–Trinajstić information content (AvgIpc) is 3.15. The van der Waals surface area contributed by atoms with Gasteiger partial charge in [-0.25, -0.2) is 0 Å². The van der Waals surface area contributed by atoms with Crippen LogP contribution in [-0.4, -0.2) is 35.0 Å². The number of pyridine rings is 1. The number of unbranched alkanes of at least 4 members (excludes halogenated alkanes) is 1. The highest BCUT2D eigenvalue weighted by atomic mass is 35.5. The second-order valence-corrected chi connectivity index (χ2v) is 12.8. The zero-order valence-corrected chi connectivity index (χ0v) is 29.9. The van der Waals surface area contributed by atoms with Gasteiger partial charge in [0.15, 0.2) is 0 Å². The van der Waals surface area contributed by atoms with E-state index >= 15 is 0 Å². The van der Waals surface area contributed by atoms with Crippen LogP contribution in [0, 0.1) is 25.2 Å². The molecule has 5 rings (SSSR count).